The van der Waals surface area contributed by atoms with Crippen LogP contribution in [-0.2, 0) is 26.5 Å². The Labute approximate surface area is 404 Å². The van der Waals surface area contributed by atoms with E-state index in [4.69, 9.17) is 26.5 Å². The monoisotopic (exact) mass is 1030 g/mol. The summed E-state index contributed by atoms with van der Waals surface area (Å²) in [6.45, 7) is 8.32. The predicted octanol–water partition coefficient (Wildman–Crippen LogP) is 15.5. The third-order valence-electron chi connectivity index (χ3n) is 11.7. The van der Waals surface area contributed by atoms with Gasteiger partial charge in [-0.2, -0.15) is 6.07 Å². The molecule has 0 atom stereocenters. The Hall–Kier alpha value is -7.40. The molecular formula is C58H41N4O2Pt-3. The van der Waals surface area contributed by atoms with Gasteiger partial charge in [0.2, 0.25) is 0 Å². The van der Waals surface area contributed by atoms with E-state index >= 15 is 0 Å². The van der Waals surface area contributed by atoms with Gasteiger partial charge in [0.1, 0.15) is 11.4 Å². The SMILES string of the molecule is [2H]c1cc(-c2cccc(-c3c([2H])c([2H])c([2H])c([2H])c3[2H])c2N2[CH-]N(c3[c-]c(Oc4[c-]c5c(cc4)c4ccccc4n5-c4cc(C(C)(C)C)ccn4)c4oc5ccccc5c4c3)c3ccccc32)c([2H])c([2H])c1[2H].[Pt]. The Balaban J connectivity index is 0.00000588. The molecule has 0 fully saturated rings. The summed E-state index contributed by atoms with van der Waals surface area (Å²) in [5.74, 6) is 1.42. The molecule has 0 saturated carbocycles. The Bertz CT molecular complexity index is 4100. The first-order chi connectivity index (χ1) is 35.1. The van der Waals surface area contributed by atoms with Crippen molar-refractivity contribution in [1.29, 1.82) is 0 Å². The summed E-state index contributed by atoms with van der Waals surface area (Å²) in [6.07, 6.45) is 1.84. The zero-order chi connectivity index (χ0) is 50.8. The van der Waals surface area contributed by atoms with E-state index in [2.05, 4.69) is 55.7 Å². The Morgan fingerprint density at radius 1 is 0.646 bits per heavy atom. The smallest absolute Gasteiger partial charge is 0.135 e. The molecule has 7 heteroatoms. The maximum atomic E-state index is 9.11. The minimum absolute atomic E-state index is 0. The van der Waals surface area contributed by atoms with Gasteiger partial charge in [-0.1, -0.05) is 165 Å². The third kappa shape index (κ3) is 6.88. The molecule has 0 N–H and O–H groups in total. The number of ether oxygens (including phenoxy) is 1. The van der Waals surface area contributed by atoms with E-state index in [9.17, 15) is 0 Å². The summed E-state index contributed by atoms with van der Waals surface area (Å²) >= 11 is 0. The van der Waals surface area contributed by atoms with Gasteiger partial charge in [-0.15, -0.1) is 36.3 Å². The summed E-state index contributed by atoms with van der Waals surface area (Å²) in [5.41, 5.74) is 6.62. The van der Waals surface area contributed by atoms with Crippen molar-refractivity contribution < 1.29 is 42.6 Å². The van der Waals surface area contributed by atoms with E-state index in [0.29, 0.717) is 45.2 Å². The van der Waals surface area contributed by atoms with Crippen molar-refractivity contribution in [2.75, 3.05) is 9.80 Å². The number of para-hydroxylation sites is 5. The van der Waals surface area contributed by atoms with Crippen LogP contribution in [0.5, 0.6) is 11.5 Å². The molecule has 0 spiro atoms. The van der Waals surface area contributed by atoms with Gasteiger partial charge in [0.25, 0.3) is 0 Å². The first kappa shape index (κ1) is 31.4. The van der Waals surface area contributed by atoms with Crippen molar-refractivity contribution in [3.63, 3.8) is 0 Å². The average Bonchev–Trinajstić information content (AvgIpc) is 4.08. The number of rotatable bonds is 7. The number of pyridine rings is 1. The molecule has 11 aromatic rings. The second-order valence-corrected chi connectivity index (χ2v) is 16.6. The Morgan fingerprint density at radius 3 is 2.17 bits per heavy atom. The van der Waals surface area contributed by atoms with Gasteiger partial charge in [-0.25, -0.2) is 4.98 Å². The summed E-state index contributed by atoms with van der Waals surface area (Å²) in [4.78, 5) is 8.57. The van der Waals surface area contributed by atoms with Gasteiger partial charge in [0.15, 0.2) is 0 Å². The van der Waals surface area contributed by atoms with Crippen LogP contribution < -0.4 is 14.5 Å². The van der Waals surface area contributed by atoms with Crippen LogP contribution in [0.1, 0.15) is 38.7 Å². The number of aromatic nitrogens is 2. The predicted molar refractivity (Wildman–Crippen MR) is 261 cm³/mol. The molecule has 6 nitrogen and oxygen atoms in total. The zero-order valence-corrected chi connectivity index (χ0v) is 37.5. The second-order valence-electron chi connectivity index (χ2n) is 16.6. The molecule has 0 amide bonds. The minimum Gasteiger partial charge on any atom is -0.512 e. The van der Waals surface area contributed by atoms with Crippen LogP contribution >= 0.6 is 0 Å². The quantitative estimate of drug-likeness (QED) is 0.149. The molecule has 65 heavy (non-hydrogen) atoms. The molecule has 3 aromatic heterocycles. The normalized spacial score (nSPS) is 14.5. The molecule has 0 unspecified atom stereocenters. The molecule has 4 heterocycles. The summed E-state index contributed by atoms with van der Waals surface area (Å²) in [7, 11) is 0. The van der Waals surface area contributed by atoms with Gasteiger partial charge in [0.05, 0.1) is 23.7 Å². The maximum Gasteiger partial charge on any atom is 0.135 e. The van der Waals surface area contributed by atoms with Gasteiger partial charge in [0, 0.05) is 72.1 Å². The molecule has 0 radical (unpaired) electrons. The standard InChI is InChI=1S/C58H41N4O2.Pt/c1-58(2,3)40-31-32-59-55(33-40)62-49-25-12-10-21-45(49)46-30-29-42(36-52(46)62)63-54-35-41(34-48-47-22-11-15-28-53(47)64-57(48)54)60-37-61(51-27-14-13-26-50(51)60)56-43(38-17-6-4-7-18-38)23-16-24-44(56)39-19-8-5-9-20-39;/h4-34,37H,1-3H3;/q-3;/i4D,5D,6D,7D,8D,9D,17D,18D,19D;. The third-order valence-corrected chi connectivity index (χ3v) is 11.7. The molecule has 8 aromatic carbocycles. The first-order valence-electron chi connectivity index (χ1n) is 25.4. The van der Waals surface area contributed by atoms with Crippen molar-refractivity contribution in [3.05, 3.63) is 212 Å². The topological polar surface area (TPSA) is 46.7 Å². The molecule has 0 aliphatic carbocycles. The molecule has 1 aliphatic rings. The summed E-state index contributed by atoms with van der Waals surface area (Å²) in [6, 6.07) is 43.1. The Morgan fingerprint density at radius 2 is 1.35 bits per heavy atom. The van der Waals surface area contributed by atoms with E-state index in [1.165, 1.54) is 6.07 Å². The number of anilines is 4. The zero-order valence-electron chi connectivity index (χ0n) is 44.2. The van der Waals surface area contributed by atoms with Crippen molar-refractivity contribution in [3.8, 4) is 39.6 Å². The van der Waals surface area contributed by atoms with Crippen molar-refractivity contribution >= 4 is 66.5 Å². The second kappa shape index (κ2) is 16.0. The van der Waals surface area contributed by atoms with Gasteiger partial charge < -0.3 is 23.5 Å². The first-order valence-corrected chi connectivity index (χ1v) is 20.9. The van der Waals surface area contributed by atoms with E-state index < -0.39 is 42.3 Å². The number of hydrogen-bond donors (Lipinski definition) is 0. The summed E-state index contributed by atoms with van der Waals surface area (Å²) < 4.78 is 94.2. The maximum absolute atomic E-state index is 9.11. The summed E-state index contributed by atoms with van der Waals surface area (Å²) in [5, 5.41) is 3.57. The van der Waals surface area contributed by atoms with Gasteiger partial charge >= 0.3 is 0 Å². The molecule has 0 saturated heterocycles. The molecule has 12 rings (SSSR count). The van der Waals surface area contributed by atoms with Crippen molar-refractivity contribution in [2.24, 2.45) is 0 Å². The molecule has 318 valence electrons. The fourth-order valence-corrected chi connectivity index (χ4v) is 8.73. The van der Waals surface area contributed by atoms with E-state index in [1.807, 2.05) is 101 Å². The molecule has 0 bridgehead atoms. The van der Waals surface area contributed by atoms with E-state index in [-0.39, 0.29) is 61.0 Å². The Kier molecular flexibility index (Phi) is 7.74. The van der Waals surface area contributed by atoms with Gasteiger partial charge in [-0.05, 0) is 63.9 Å². The van der Waals surface area contributed by atoms with E-state index in [0.717, 1.165) is 44.0 Å². The molecule has 1 aliphatic heterocycles. The largest absolute Gasteiger partial charge is 0.512 e. The van der Waals surface area contributed by atoms with Crippen LogP contribution in [0, 0.1) is 18.8 Å². The minimum atomic E-state index is -0.545. The average molecular weight is 1030 g/mol. The van der Waals surface area contributed by atoms with Crippen LogP contribution in [-0.4, -0.2) is 9.55 Å². The van der Waals surface area contributed by atoms with Crippen molar-refractivity contribution in [2.45, 2.75) is 26.2 Å². The fourth-order valence-electron chi connectivity index (χ4n) is 8.73. The van der Waals surface area contributed by atoms with Crippen LogP contribution in [0.2, 0.25) is 0 Å². The number of fused-ring (bicyclic) bond motifs is 7. The van der Waals surface area contributed by atoms with Crippen LogP contribution in [0.4, 0.5) is 22.7 Å². The fraction of sp³-hybridized carbons (Fsp3) is 0.0690. The number of hydrogen-bond acceptors (Lipinski definition) is 5. The van der Waals surface area contributed by atoms with Crippen LogP contribution in [0.3, 0.4) is 0 Å². The van der Waals surface area contributed by atoms with Gasteiger partial charge in [-0.3, -0.25) is 0 Å². The molecular weight excluding hydrogens is 980 g/mol. The van der Waals surface area contributed by atoms with Crippen molar-refractivity contribution in [1.82, 2.24) is 9.55 Å². The van der Waals surface area contributed by atoms with E-state index in [1.54, 1.807) is 24.9 Å². The number of benzene rings is 8. The van der Waals surface area contributed by atoms with Crippen LogP contribution in [0.15, 0.2) is 192 Å². The number of nitrogens with zero attached hydrogens (tertiary/aromatic N) is 4. The van der Waals surface area contributed by atoms with Crippen LogP contribution in [0.25, 0.3) is 71.8 Å². The number of furan rings is 1.